The molecule has 0 aliphatic heterocycles. The molecule has 2 rings (SSSR count). The Kier molecular flexibility index (Phi) is 4.63. The van der Waals surface area contributed by atoms with E-state index in [0.29, 0.717) is 12.6 Å². The number of halogens is 2. The number of rotatable bonds is 5. The van der Waals surface area contributed by atoms with Crippen LogP contribution in [-0.2, 0) is 9.53 Å². The van der Waals surface area contributed by atoms with E-state index in [0.717, 1.165) is 26.0 Å². The zero-order valence-electron chi connectivity index (χ0n) is 9.33. The fourth-order valence-corrected chi connectivity index (χ4v) is 3.62. The van der Waals surface area contributed by atoms with Crippen molar-refractivity contribution in [3.8, 4) is 0 Å². The van der Waals surface area contributed by atoms with Gasteiger partial charge in [-0.15, -0.1) is 11.3 Å². The lowest BCUT2D eigenvalue weighted by molar-refractivity contribution is -0.145. The Hall–Kier alpha value is 0.0900. The number of ether oxygens (including phenoxy) is 1. The summed E-state index contributed by atoms with van der Waals surface area (Å²) < 4.78 is 7.09. The van der Waals surface area contributed by atoms with Crippen molar-refractivity contribution in [3.05, 3.63) is 19.2 Å². The first kappa shape index (κ1) is 13.5. The van der Waals surface area contributed by atoms with Crippen LogP contribution in [0.5, 0.6) is 0 Å². The van der Waals surface area contributed by atoms with Crippen LogP contribution in [0.15, 0.2) is 14.3 Å². The molecule has 1 aromatic rings. The van der Waals surface area contributed by atoms with E-state index in [1.54, 1.807) is 11.3 Å². The van der Waals surface area contributed by atoms with Crippen LogP contribution in [0.2, 0.25) is 0 Å². The number of esters is 1. The summed E-state index contributed by atoms with van der Waals surface area (Å²) in [7, 11) is 0. The van der Waals surface area contributed by atoms with Crippen LogP contribution in [0.3, 0.4) is 0 Å². The zero-order valence-corrected chi connectivity index (χ0v) is 13.3. The van der Waals surface area contributed by atoms with E-state index in [2.05, 4.69) is 37.2 Å². The van der Waals surface area contributed by atoms with Gasteiger partial charge < -0.3 is 4.74 Å². The molecule has 1 unspecified atom stereocenters. The lowest BCUT2D eigenvalue weighted by Gasteiger charge is -2.15. The summed E-state index contributed by atoms with van der Waals surface area (Å²) in [4.78, 5) is 12.9. The molecular weight excluding hydrogens is 370 g/mol. The predicted molar refractivity (Wildman–Crippen MR) is 75.3 cm³/mol. The van der Waals surface area contributed by atoms with Crippen molar-refractivity contribution in [1.82, 2.24) is 5.32 Å². The molecule has 1 aliphatic rings. The van der Waals surface area contributed by atoms with Gasteiger partial charge in [-0.1, -0.05) is 0 Å². The molecule has 0 aromatic carbocycles. The first-order valence-electron chi connectivity index (χ1n) is 5.49. The van der Waals surface area contributed by atoms with E-state index in [4.69, 9.17) is 4.74 Å². The minimum Gasteiger partial charge on any atom is -0.465 e. The summed E-state index contributed by atoms with van der Waals surface area (Å²) in [5, 5.41) is 3.33. The van der Waals surface area contributed by atoms with Gasteiger partial charge in [-0.2, -0.15) is 0 Å². The fraction of sp³-hybridized carbons (Fsp3) is 0.545. The highest BCUT2D eigenvalue weighted by atomic mass is 79.9. The molecule has 0 radical (unpaired) electrons. The summed E-state index contributed by atoms with van der Waals surface area (Å²) in [6, 6.07) is 2.09. The monoisotopic (exact) mass is 381 g/mol. The number of carbonyl (C=O) groups is 1. The normalized spacial score (nSPS) is 16.9. The molecule has 1 aromatic heterocycles. The maximum absolute atomic E-state index is 11.9. The smallest absolute Gasteiger partial charge is 0.328 e. The van der Waals surface area contributed by atoms with Gasteiger partial charge in [-0.05, 0) is 57.7 Å². The number of nitrogens with one attached hydrogen (secondary N) is 1. The number of hydrogen-bond acceptors (Lipinski definition) is 4. The predicted octanol–water partition coefficient (Wildman–Crippen LogP) is 3.63. The molecule has 1 N–H and O–H groups in total. The van der Waals surface area contributed by atoms with Crippen LogP contribution in [0.1, 0.15) is 30.7 Å². The van der Waals surface area contributed by atoms with Gasteiger partial charge in [0.2, 0.25) is 0 Å². The van der Waals surface area contributed by atoms with Gasteiger partial charge in [0.1, 0.15) is 6.04 Å². The fourth-order valence-electron chi connectivity index (χ4n) is 1.48. The molecule has 17 heavy (non-hydrogen) atoms. The Bertz CT molecular complexity index is 398. The minimum absolute atomic E-state index is 0.194. The Balaban J connectivity index is 2.15. The van der Waals surface area contributed by atoms with Crippen molar-refractivity contribution < 1.29 is 9.53 Å². The first-order valence-corrected chi connectivity index (χ1v) is 7.89. The summed E-state index contributed by atoms with van der Waals surface area (Å²) in [5.74, 6) is -0.194. The summed E-state index contributed by atoms with van der Waals surface area (Å²) in [5.41, 5.74) is 0. The molecule has 0 saturated heterocycles. The number of hydrogen-bond donors (Lipinski definition) is 1. The molecule has 1 fully saturated rings. The van der Waals surface area contributed by atoms with Gasteiger partial charge in [0, 0.05) is 15.4 Å². The van der Waals surface area contributed by atoms with Gasteiger partial charge in [0.15, 0.2) is 0 Å². The van der Waals surface area contributed by atoms with Crippen LogP contribution >= 0.6 is 43.2 Å². The standard InChI is InChI=1S/C11H13Br2NO2S/c1-2-16-11(15)9(14-6-3-4-6)8-5-7(12)10(13)17-8/h5-6,9,14H,2-4H2,1H3. The van der Waals surface area contributed by atoms with Crippen molar-refractivity contribution >= 4 is 49.2 Å². The van der Waals surface area contributed by atoms with Crippen molar-refractivity contribution in [2.24, 2.45) is 0 Å². The highest BCUT2D eigenvalue weighted by Gasteiger charge is 2.31. The van der Waals surface area contributed by atoms with Crippen molar-refractivity contribution in [2.75, 3.05) is 6.61 Å². The van der Waals surface area contributed by atoms with Crippen LogP contribution < -0.4 is 5.32 Å². The van der Waals surface area contributed by atoms with Gasteiger partial charge in [0.05, 0.1) is 10.4 Å². The Labute approximate surface area is 121 Å². The summed E-state index contributed by atoms with van der Waals surface area (Å²) in [6.45, 7) is 2.24. The second kappa shape index (κ2) is 5.82. The van der Waals surface area contributed by atoms with Gasteiger partial charge in [-0.25, -0.2) is 4.79 Å². The molecule has 0 amide bonds. The largest absolute Gasteiger partial charge is 0.465 e. The highest BCUT2D eigenvalue weighted by molar-refractivity contribution is 9.13. The third-order valence-corrected chi connectivity index (χ3v) is 5.77. The van der Waals surface area contributed by atoms with Gasteiger partial charge in [0.25, 0.3) is 0 Å². The summed E-state index contributed by atoms with van der Waals surface area (Å²) in [6.07, 6.45) is 2.28. The Morgan fingerprint density at radius 1 is 1.65 bits per heavy atom. The van der Waals surface area contributed by atoms with Crippen LogP contribution in [0.25, 0.3) is 0 Å². The third-order valence-electron chi connectivity index (χ3n) is 2.45. The van der Waals surface area contributed by atoms with E-state index in [9.17, 15) is 4.79 Å². The van der Waals surface area contributed by atoms with Crippen molar-refractivity contribution in [1.29, 1.82) is 0 Å². The second-order valence-corrected chi connectivity index (χ2v) is 7.15. The zero-order chi connectivity index (χ0) is 12.4. The number of thiophene rings is 1. The first-order chi connectivity index (χ1) is 8.11. The molecule has 1 aliphatic carbocycles. The van der Waals surface area contributed by atoms with Crippen LogP contribution in [0.4, 0.5) is 0 Å². The molecule has 3 nitrogen and oxygen atoms in total. The second-order valence-electron chi connectivity index (χ2n) is 3.90. The SMILES string of the molecule is CCOC(=O)C(NC1CC1)c1cc(Br)c(Br)s1. The van der Waals surface area contributed by atoms with E-state index in [1.807, 2.05) is 13.0 Å². The van der Waals surface area contributed by atoms with E-state index >= 15 is 0 Å². The van der Waals surface area contributed by atoms with Crippen molar-refractivity contribution in [3.63, 3.8) is 0 Å². The molecule has 0 bridgehead atoms. The van der Waals surface area contributed by atoms with E-state index < -0.39 is 0 Å². The molecule has 6 heteroatoms. The molecule has 1 saturated carbocycles. The van der Waals surface area contributed by atoms with E-state index in [1.165, 1.54) is 0 Å². The molecular formula is C11H13Br2NO2S. The number of carbonyl (C=O) groups excluding carboxylic acids is 1. The molecule has 94 valence electrons. The van der Waals surface area contributed by atoms with Crippen LogP contribution in [0, 0.1) is 0 Å². The average molecular weight is 383 g/mol. The Morgan fingerprint density at radius 3 is 2.82 bits per heavy atom. The molecule has 1 atom stereocenters. The summed E-state index contributed by atoms with van der Waals surface area (Å²) >= 11 is 8.44. The minimum atomic E-state index is -0.338. The quantitative estimate of drug-likeness (QED) is 0.790. The lowest BCUT2D eigenvalue weighted by atomic mass is 10.2. The molecule has 1 heterocycles. The third kappa shape index (κ3) is 3.53. The maximum atomic E-state index is 11.9. The molecule has 0 spiro atoms. The van der Waals surface area contributed by atoms with Gasteiger partial charge in [-0.3, -0.25) is 5.32 Å². The van der Waals surface area contributed by atoms with E-state index in [-0.39, 0.29) is 12.0 Å². The average Bonchev–Trinajstić information content (AvgIpc) is 3.03. The Morgan fingerprint density at radius 2 is 2.35 bits per heavy atom. The van der Waals surface area contributed by atoms with Crippen LogP contribution in [-0.4, -0.2) is 18.6 Å². The van der Waals surface area contributed by atoms with Crippen molar-refractivity contribution in [2.45, 2.75) is 31.8 Å². The van der Waals surface area contributed by atoms with Gasteiger partial charge >= 0.3 is 5.97 Å². The maximum Gasteiger partial charge on any atom is 0.328 e. The highest BCUT2D eigenvalue weighted by Crippen LogP contribution is 2.37. The lowest BCUT2D eigenvalue weighted by Crippen LogP contribution is -2.31. The topological polar surface area (TPSA) is 38.3 Å².